The number of nitrogens with two attached hydrogens (primary N) is 2. The summed E-state index contributed by atoms with van der Waals surface area (Å²) in [7, 11) is 0. The highest BCUT2D eigenvalue weighted by atomic mass is 19.4. The number of benzene rings is 1. The summed E-state index contributed by atoms with van der Waals surface area (Å²) < 4.78 is 40.9. The predicted octanol–water partition coefficient (Wildman–Crippen LogP) is 3.32. The maximum Gasteiger partial charge on any atom is 0.573 e. The number of aromatic nitrogens is 1. The topological polar surface area (TPSA) is 156 Å². The third kappa shape index (κ3) is 7.65. The molecule has 3 unspecified atom stereocenters. The second-order valence-electron chi connectivity index (χ2n) is 9.82. The summed E-state index contributed by atoms with van der Waals surface area (Å²) >= 11 is 0. The number of halogens is 3. The van der Waals surface area contributed by atoms with Gasteiger partial charge < -0.3 is 37.5 Å². The number of anilines is 2. The number of nitrogens with zero attached hydrogens (tertiary/aromatic N) is 1. The lowest BCUT2D eigenvalue weighted by Crippen LogP contribution is -2.48. The smallest absolute Gasteiger partial charge is 0.406 e. The molecule has 2 aromatic rings. The Morgan fingerprint density at radius 2 is 1.82 bits per heavy atom. The molecular weight excluding hydrogens is 527 g/mol. The first-order chi connectivity index (χ1) is 19.0. The van der Waals surface area contributed by atoms with Crippen LogP contribution in [0.2, 0.25) is 0 Å². The van der Waals surface area contributed by atoms with Gasteiger partial charge in [0.2, 0.25) is 5.91 Å². The van der Waals surface area contributed by atoms with E-state index in [1.54, 1.807) is 12.1 Å². The van der Waals surface area contributed by atoms with Gasteiger partial charge in [0.05, 0.1) is 29.3 Å². The van der Waals surface area contributed by atoms with E-state index in [4.69, 9.17) is 11.5 Å². The van der Waals surface area contributed by atoms with E-state index in [9.17, 15) is 22.8 Å². The first-order valence-electron chi connectivity index (χ1n) is 12.9. The summed E-state index contributed by atoms with van der Waals surface area (Å²) in [6.07, 6.45) is 3.48. The van der Waals surface area contributed by atoms with Gasteiger partial charge >= 0.3 is 6.36 Å². The summed E-state index contributed by atoms with van der Waals surface area (Å²) in [6.45, 7) is 2.56. The number of carbonyl (C=O) groups excluding carboxylic acids is 2. The van der Waals surface area contributed by atoms with Crippen LogP contribution in [0.4, 0.5) is 24.5 Å². The second-order valence-corrected chi connectivity index (χ2v) is 9.82. The van der Waals surface area contributed by atoms with Crippen molar-refractivity contribution in [1.82, 2.24) is 15.6 Å². The summed E-state index contributed by atoms with van der Waals surface area (Å²) in [6, 6.07) is 6.27. The molecule has 214 valence electrons. The van der Waals surface area contributed by atoms with Gasteiger partial charge in [-0.15, -0.1) is 13.2 Å². The van der Waals surface area contributed by atoms with Gasteiger partial charge in [-0.2, -0.15) is 0 Å². The molecule has 2 heterocycles. The number of primary amides is 1. The van der Waals surface area contributed by atoms with Gasteiger partial charge in [-0.3, -0.25) is 14.6 Å². The van der Waals surface area contributed by atoms with Crippen molar-refractivity contribution in [3.05, 3.63) is 71.3 Å². The monoisotopic (exact) mass is 559 g/mol. The van der Waals surface area contributed by atoms with E-state index in [1.807, 2.05) is 6.92 Å². The van der Waals surface area contributed by atoms with E-state index in [0.717, 1.165) is 49.2 Å². The van der Waals surface area contributed by atoms with Gasteiger partial charge in [0.15, 0.2) is 0 Å². The summed E-state index contributed by atoms with van der Waals surface area (Å²) in [4.78, 5) is 29.0. The highest BCUT2D eigenvalue weighted by molar-refractivity contribution is 6.04. The minimum absolute atomic E-state index is 0.120. The average molecular weight is 560 g/mol. The molecule has 3 atom stereocenters. The van der Waals surface area contributed by atoms with E-state index in [0.29, 0.717) is 29.4 Å². The molecule has 1 aliphatic carbocycles. The van der Waals surface area contributed by atoms with Crippen molar-refractivity contribution in [3.8, 4) is 5.75 Å². The molecule has 8 N–H and O–H groups in total. The Kier molecular flexibility index (Phi) is 8.83. The van der Waals surface area contributed by atoms with E-state index < -0.39 is 30.1 Å². The van der Waals surface area contributed by atoms with Gasteiger partial charge in [-0.05, 0) is 67.7 Å². The summed E-state index contributed by atoms with van der Waals surface area (Å²) in [5.74, 6) is -0.503. The van der Waals surface area contributed by atoms with Crippen LogP contribution in [0.15, 0.2) is 65.8 Å². The Morgan fingerprint density at radius 3 is 2.50 bits per heavy atom. The Bertz CT molecular complexity index is 1300. The third-order valence-electron chi connectivity index (χ3n) is 6.82. The third-order valence-corrected chi connectivity index (χ3v) is 6.82. The quantitative estimate of drug-likeness (QED) is 0.273. The number of allylic oxidation sites excluding steroid dienone is 2. The molecule has 1 aromatic heterocycles. The lowest BCUT2D eigenvalue weighted by molar-refractivity contribution is -0.274. The van der Waals surface area contributed by atoms with E-state index >= 15 is 0 Å². The summed E-state index contributed by atoms with van der Waals surface area (Å²) in [5, 5.41) is 12.5. The van der Waals surface area contributed by atoms with Crippen molar-refractivity contribution >= 4 is 23.2 Å². The molecule has 4 rings (SSSR count). The normalized spacial score (nSPS) is 21.1. The predicted molar refractivity (Wildman–Crippen MR) is 144 cm³/mol. The summed E-state index contributed by atoms with van der Waals surface area (Å²) in [5.41, 5.74) is 14.0. The van der Waals surface area contributed by atoms with Gasteiger partial charge in [-0.1, -0.05) is 12.8 Å². The number of nitrogens with one attached hydrogen (secondary N) is 4. The zero-order chi connectivity index (χ0) is 28.9. The van der Waals surface area contributed by atoms with Gasteiger partial charge in [-0.25, -0.2) is 0 Å². The van der Waals surface area contributed by atoms with Crippen LogP contribution in [0.5, 0.6) is 5.75 Å². The fourth-order valence-corrected chi connectivity index (χ4v) is 4.73. The van der Waals surface area contributed by atoms with Gasteiger partial charge in [0, 0.05) is 18.2 Å². The SMILES string of the molecule is CC1=C(NCC2CCCCC2N)NC(Nc2cncc(NC(=O)c3ccc(OC(F)(F)F)cc3)c2)C(C(N)=O)=C1. The molecule has 1 saturated carbocycles. The number of hydrogen-bond acceptors (Lipinski definition) is 8. The standard InChI is InChI=1S/C27H32F3N7O3/c1-15-10-21(23(32)38)25(37-24(15)34-12-17-4-2-3-5-22(17)31)35-18-11-19(14-33-13-18)36-26(39)16-6-8-20(9-7-16)40-27(28,29)30/h6-11,13-14,17,22,25,34-35,37H,2-5,12,31H2,1H3,(H2,32,38)(H,36,39). The number of hydrogen-bond donors (Lipinski definition) is 6. The van der Waals surface area contributed by atoms with E-state index in [2.05, 4.69) is 31.0 Å². The highest BCUT2D eigenvalue weighted by Gasteiger charge is 2.31. The van der Waals surface area contributed by atoms with E-state index in [-0.39, 0.29) is 11.6 Å². The fraction of sp³-hybridized carbons (Fsp3) is 0.370. The molecular formula is C27H32F3N7O3. The number of alkyl halides is 3. The highest BCUT2D eigenvalue weighted by Crippen LogP contribution is 2.25. The van der Waals surface area contributed by atoms with Crippen LogP contribution in [-0.4, -0.2) is 41.9 Å². The van der Waals surface area contributed by atoms with Gasteiger partial charge in [0.1, 0.15) is 17.7 Å². The molecule has 0 spiro atoms. The van der Waals surface area contributed by atoms with Crippen molar-refractivity contribution in [1.29, 1.82) is 0 Å². The molecule has 40 heavy (non-hydrogen) atoms. The van der Waals surface area contributed by atoms with Crippen molar-refractivity contribution in [2.75, 3.05) is 17.2 Å². The minimum Gasteiger partial charge on any atom is -0.406 e. The Morgan fingerprint density at radius 1 is 1.12 bits per heavy atom. The van der Waals surface area contributed by atoms with Crippen LogP contribution in [0.1, 0.15) is 43.0 Å². The van der Waals surface area contributed by atoms with Crippen molar-refractivity contribution in [3.63, 3.8) is 0 Å². The van der Waals surface area contributed by atoms with Crippen LogP contribution < -0.4 is 37.5 Å². The van der Waals surface area contributed by atoms with Crippen molar-refractivity contribution < 1.29 is 27.5 Å². The molecule has 1 aromatic carbocycles. The Balaban J connectivity index is 1.41. The molecule has 0 saturated heterocycles. The first kappa shape index (κ1) is 28.7. The Hall–Kier alpha value is -4.26. The van der Waals surface area contributed by atoms with E-state index in [1.165, 1.54) is 24.5 Å². The molecule has 13 heteroatoms. The van der Waals surface area contributed by atoms with Crippen LogP contribution in [0.25, 0.3) is 0 Å². The van der Waals surface area contributed by atoms with Crippen LogP contribution in [0, 0.1) is 5.92 Å². The van der Waals surface area contributed by atoms with Crippen LogP contribution in [0.3, 0.4) is 0 Å². The number of pyridine rings is 1. The minimum atomic E-state index is -4.83. The van der Waals surface area contributed by atoms with Gasteiger partial charge in [0.25, 0.3) is 5.91 Å². The Labute approximate surface area is 229 Å². The molecule has 0 radical (unpaired) electrons. The molecule has 2 aliphatic rings. The van der Waals surface area contributed by atoms with Crippen LogP contribution in [-0.2, 0) is 4.79 Å². The number of rotatable bonds is 9. The molecule has 10 nitrogen and oxygen atoms in total. The largest absolute Gasteiger partial charge is 0.573 e. The maximum atomic E-state index is 12.6. The molecule has 1 aliphatic heterocycles. The second kappa shape index (κ2) is 12.3. The number of dihydropyridines is 1. The molecule has 1 fully saturated rings. The number of ether oxygens (including phenoxy) is 1. The zero-order valence-corrected chi connectivity index (χ0v) is 21.8. The van der Waals surface area contributed by atoms with Crippen molar-refractivity contribution in [2.24, 2.45) is 17.4 Å². The van der Waals surface area contributed by atoms with Crippen molar-refractivity contribution in [2.45, 2.75) is 51.2 Å². The number of carbonyl (C=O) groups is 2. The lowest BCUT2D eigenvalue weighted by Gasteiger charge is -2.33. The maximum absolute atomic E-state index is 12.6. The first-order valence-corrected chi connectivity index (χ1v) is 12.9. The molecule has 0 bridgehead atoms. The zero-order valence-electron chi connectivity index (χ0n) is 21.8. The van der Waals surface area contributed by atoms with Crippen LogP contribution >= 0.6 is 0 Å². The number of amides is 2. The average Bonchev–Trinajstić information content (AvgIpc) is 2.89. The fourth-order valence-electron chi connectivity index (χ4n) is 4.73. The molecule has 2 amide bonds. The lowest BCUT2D eigenvalue weighted by atomic mass is 9.85.